The van der Waals surface area contributed by atoms with Crippen LogP contribution < -0.4 is 10.5 Å². The molecule has 0 aliphatic heterocycles. The number of carbonyl (C=O) groups excluding carboxylic acids is 1. The first-order valence-electron chi connectivity index (χ1n) is 3.36. The zero-order valence-electron chi connectivity index (χ0n) is 6.39. The zero-order valence-corrected chi connectivity index (χ0v) is 6.39. The molecule has 0 heterocycles. The first-order valence-corrected chi connectivity index (χ1v) is 3.36. The van der Waals surface area contributed by atoms with Crippen LogP contribution in [0.15, 0.2) is 0 Å². The van der Waals surface area contributed by atoms with Gasteiger partial charge in [-0.05, 0) is 0 Å². The van der Waals surface area contributed by atoms with E-state index < -0.39 is 5.97 Å². The highest BCUT2D eigenvalue weighted by atomic mass is 16.4. The molecular weight excluding hydrogens is 147 g/mol. The number of nitrogens with one attached hydrogen (secondary N) is 2. The Kier molecular flexibility index (Phi) is 5.19. The molecule has 0 spiro atoms. The third kappa shape index (κ3) is 6.86. The van der Waals surface area contributed by atoms with Gasteiger partial charge in [-0.25, -0.2) is 0 Å². The molecule has 0 saturated heterocycles. The fraction of sp³-hybridized carbons (Fsp3) is 0.600. The van der Waals surface area contributed by atoms with E-state index in [2.05, 4.69) is 10.5 Å². The van der Waals surface area contributed by atoms with Crippen molar-refractivity contribution in [1.29, 1.82) is 0 Å². The molecule has 0 unspecified atom stereocenters. The predicted molar refractivity (Wildman–Crippen MR) is 41.7 cm³/mol. The maximum Gasteiger partial charge on any atom is 0.322 e. The molecule has 5 nitrogen and oxygen atoms in total. The summed E-state index contributed by atoms with van der Waals surface area (Å²) in [5.74, 6) is -1.33. The van der Waals surface area contributed by atoms with E-state index in [1.165, 1.54) is 0 Å². The maximum absolute atomic E-state index is 10.7. The molecular formula is C5H11BN2O3. The summed E-state index contributed by atoms with van der Waals surface area (Å²) in [4.78, 5) is 20.6. The third-order valence-electron chi connectivity index (χ3n) is 0.972. The van der Waals surface area contributed by atoms with Crippen LogP contribution in [0.5, 0.6) is 0 Å². The number of carboxylic acids is 1. The van der Waals surface area contributed by atoms with Gasteiger partial charge in [0.2, 0.25) is 5.91 Å². The number of aliphatic carboxylic acids is 1. The molecule has 0 aromatic heterocycles. The van der Waals surface area contributed by atoms with E-state index in [1.807, 2.05) is 6.82 Å². The lowest BCUT2D eigenvalue weighted by molar-refractivity contribution is -0.137. The Balaban J connectivity index is 3.30. The molecule has 11 heavy (non-hydrogen) atoms. The molecule has 0 radical (unpaired) electrons. The molecule has 0 bridgehead atoms. The second kappa shape index (κ2) is 5.73. The van der Waals surface area contributed by atoms with Gasteiger partial charge in [-0.2, -0.15) is 0 Å². The topological polar surface area (TPSA) is 78.4 Å². The minimum absolute atomic E-state index is 0.170. The van der Waals surface area contributed by atoms with E-state index in [1.54, 1.807) is 0 Å². The number of hydrogen-bond donors (Lipinski definition) is 3. The minimum atomic E-state index is -1.03. The summed E-state index contributed by atoms with van der Waals surface area (Å²) in [5, 5.41) is 13.1. The van der Waals surface area contributed by atoms with Crippen LogP contribution in [-0.4, -0.2) is 37.5 Å². The fourth-order valence-corrected chi connectivity index (χ4v) is 0.475. The monoisotopic (exact) mass is 158 g/mol. The number of rotatable bonds is 5. The number of carboxylic acid groups (broad SMARTS) is 1. The average Bonchev–Trinajstić information content (AvgIpc) is 1.97. The van der Waals surface area contributed by atoms with Gasteiger partial charge in [0.1, 0.15) is 6.54 Å². The van der Waals surface area contributed by atoms with Crippen molar-refractivity contribution in [3.8, 4) is 0 Å². The Morgan fingerprint density at radius 1 is 1.45 bits per heavy atom. The summed E-state index contributed by atoms with van der Waals surface area (Å²) in [6.45, 7) is 1.72. The van der Waals surface area contributed by atoms with Gasteiger partial charge in [0.05, 0.1) is 6.54 Å². The van der Waals surface area contributed by atoms with E-state index in [9.17, 15) is 9.59 Å². The van der Waals surface area contributed by atoms with Gasteiger partial charge < -0.3 is 15.7 Å². The Labute approximate surface area is 65.4 Å². The van der Waals surface area contributed by atoms with Crippen LogP contribution in [0.1, 0.15) is 0 Å². The summed E-state index contributed by atoms with van der Waals surface area (Å²) in [7, 11) is 0.695. The van der Waals surface area contributed by atoms with E-state index >= 15 is 0 Å². The molecule has 0 aliphatic rings. The quantitative estimate of drug-likeness (QED) is 0.411. The molecule has 0 aromatic rings. The van der Waals surface area contributed by atoms with E-state index in [4.69, 9.17) is 5.11 Å². The average molecular weight is 158 g/mol. The van der Waals surface area contributed by atoms with Crippen molar-refractivity contribution in [3.63, 3.8) is 0 Å². The molecule has 0 atom stereocenters. The van der Waals surface area contributed by atoms with Crippen molar-refractivity contribution in [2.45, 2.75) is 6.82 Å². The fourth-order valence-electron chi connectivity index (χ4n) is 0.475. The van der Waals surface area contributed by atoms with Gasteiger partial charge in [0, 0.05) is 0 Å². The van der Waals surface area contributed by atoms with Crippen molar-refractivity contribution < 1.29 is 14.7 Å². The normalized spacial score (nSPS) is 8.82. The third-order valence-corrected chi connectivity index (χ3v) is 0.972. The molecule has 0 saturated carbocycles. The van der Waals surface area contributed by atoms with Crippen LogP contribution in [0.2, 0.25) is 6.82 Å². The van der Waals surface area contributed by atoms with Gasteiger partial charge >= 0.3 is 5.97 Å². The summed E-state index contributed by atoms with van der Waals surface area (Å²) in [5.41, 5.74) is 0. The van der Waals surface area contributed by atoms with Gasteiger partial charge in [0.15, 0.2) is 7.41 Å². The second-order valence-corrected chi connectivity index (χ2v) is 1.95. The lowest BCUT2D eigenvalue weighted by Crippen LogP contribution is -2.37. The molecule has 0 fully saturated rings. The van der Waals surface area contributed by atoms with Gasteiger partial charge in [-0.3, -0.25) is 9.59 Å². The van der Waals surface area contributed by atoms with Gasteiger partial charge in [-0.1, -0.05) is 6.82 Å². The first-order chi connectivity index (χ1) is 5.16. The van der Waals surface area contributed by atoms with Crippen molar-refractivity contribution in [3.05, 3.63) is 0 Å². The SMILES string of the molecule is CBNCC(=O)NCC(=O)O. The predicted octanol–water partition coefficient (Wildman–Crippen LogP) is -1.82. The van der Waals surface area contributed by atoms with Crippen molar-refractivity contribution in [2.24, 2.45) is 0 Å². The van der Waals surface area contributed by atoms with Crippen LogP contribution in [0, 0.1) is 0 Å². The highest BCUT2D eigenvalue weighted by Gasteiger charge is 2.01. The number of amides is 1. The molecule has 6 heteroatoms. The Bertz CT molecular complexity index is 151. The standard InChI is InChI=1S/C5H11BN2O3/c1-6-8-2-4(9)7-3-5(10)11/h6,8H,2-3H2,1H3,(H,7,9)(H,10,11). The Morgan fingerprint density at radius 2 is 2.09 bits per heavy atom. The minimum Gasteiger partial charge on any atom is -0.480 e. The number of carbonyl (C=O) groups is 2. The van der Waals surface area contributed by atoms with E-state index in [0.717, 1.165) is 0 Å². The first kappa shape index (κ1) is 9.96. The van der Waals surface area contributed by atoms with Crippen molar-refractivity contribution in [2.75, 3.05) is 13.1 Å². The summed E-state index contributed by atoms with van der Waals surface area (Å²) in [6.07, 6.45) is 0. The second-order valence-electron chi connectivity index (χ2n) is 1.95. The van der Waals surface area contributed by atoms with Gasteiger partial charge in [0.25, 0.3) is 0 Å². The van der Waals surface area contributed by atoms with Crippen molar-refractivity contribution in [1.82, 2.24) is 10.5 Å². The lowest BCUT2D eigenvalue weighted by atomic mass is 10.0. The van der Waals surface area contributed by atoms with Gasteiger partial charge in [-0.15, -0.1) is 0 Å². The zero-order chi connectivity index (χ0) is 8.69. The Morgan fingerprint density at radius 3 is 2.55 bits per heavy atom. The largest absolute Gasteiger partial charge is 0.480 e. The molecule has 3 N–H and O–H groups in total. The van der Waals surface area contributed by atoms with E-state index in [0.29, 0.717) is 7.41 Å². The molecule has 0 rings (SSSR count). The van der Waals surface area contributed by atoms with Crippen LogP contribution in [0.25, 0.3) is 0 Å². The molecule has 1 amide bonds. The lowest BCUT2D eigenvalue weighted by Gasteiger charge is -2.00. The van der Waals surface area contributed by atoms with Crippen LogP contribution in [0.4, 0.5) is 0 Å². The van der Waals surface area contributed by atoms with Crippen molar-refractivity contribution >= 4 is 19.3 Å². The van der Waals surface area contributed by atoms with Crippen LogP contribution in [-0.2, 0) is 9.59 Å². The van der Waals surface area contributed by atoms with Crippen LogP contribution >= 0.6 is 0 Å². The molecule has 62 valence electrons. The Hall–Kier alpha value is -1.04. The van der Waals surface area contributed by atoms with Crippen LogP contribution in [0.3, 0.4) is 0 Å². The maximum atomic E-state index is 10.7. The summed E-state index contributed by atoms with van der Waals surface area (Å²) in [6, 6.07) is 0. The smallest absolute Gasteiger partial charge is 0.322 e. The molecule has 0 aromatic carbocycles. The van der Waals surface area contributed by atoms with E-state index in [-0.39, 0.29) is 19.0 Å². The summed E-state index contributed by atoms with van der Waals surface area (Å²) >= 11 is 0. The molecule has 0 aliphatic carbocycles. The summed E-state index contributed by atoms with van der Waals surface area (Å²) < 4.78 is 0. The number of hydrogen-bond acceptors (Lipinski definition) is 3. The highest BCUT2D eigenvalue weighted by Crippen LogP contribution is 1.64. The highest BCUT2D eigenvalue weighted by molar-refractivity contribution is 6.30.